The Bertz CT molecular complexity index is 478. The van der Waals surface area contributed by atoms with Crippen molar-refractivity contribution < 1.29 is 14.3 Å². The summed E-state index contributed by atoms with van der Waals surface area (Å²) < 4.78 is 5.11. The van der Waals surface area contributed by atoms with E-state index in [2.05, 4.69) is 4.98 Å². The number of carboxylic acids is 1. The lowest BCUT2D eigenvalue weighted by molar-refractivity contribution is -0.138. The molecule has 0 aromatic carbocycles. The summed E-state index contributed by atoms with van der Waals surface area (Å²) in [5.41, 5.74) is 6.48. The monoisotopic (exact) mass is 192 g/mol. The van der Waals surface area contributed by atoms with E-state index in [0.29, 0.717) is 16.5 Å². The first-order chi connectivity index (χ1) is 6.70. The zero-order valence-corrected chi connectivity index (χ0v) is 7.18. The van der Waals surface area contributed by atoms with E-state index in [4.69, 9.17) is 15.3 Å². The van der Waals surface area contributed by atoms with Crippen molar-refractivity contribution in [3.63, 3.8) is 0 Å². The zero-order chi connectivity index (χ0) is 10.1. The number of furan rings is 1. The number of nitrogens with zero attached hydrogens (tertiary/aromatic N) is 1. The summed E-state index contributed by atoms with van der Waals surface area (Å²) in [5, 5.41) is 9.42. The molecule has 0 spiro atoms. The molecule has 0 aliphatic heterocycles. The third-order valence-corrected chi connectivity index (χ3v) is 2.01. The fourth-order valence-electron chi connectivity index (χ4n) is 1.28. The molecule has 3 N–H and O–H groups in total. The molecule has 5 nitrogen and oxygen atoms in total. The normalized spacial score (nSPS) is 12.9. The van der Waals surface area contributed by atoms with Gasteiger partial charge in [0, 0.05) is 17.1 Å². The van der Waals surface area contributed by atoms with E-state index in [1.807, 2.05) is 0 Å². The second-order valence-corrected chi connectivity index (χ2v) is 2.88. The Balaban J connectivity index is 2.58. The lowest BCUT2D eigenvalue weighted by atomic mass is 10.1. The fraction of sp³-hybridized carbons (Fsp3) is 0.111. The van der Waals surface area contributed by atoms with Gasteiger partial charge in [-0.05, 0) is 6.07 Å². The summed E-state index contributed by atoms with van der Waals surface area (Å²) >= 11 is 0. The van der Waals surface area contributed by atoms with Gasteiger partial charge in [-0.25, -0.2) is 0 Å². The molecule has 0 aliphatic carbocycles. The van der Waals surface area contributed by atoms with Crippen molar-refractivity contribution in [3.8, 4) is 0 Å². The van der Waals surface area contributed by atoms with Crippen LogP contribution in [0.25, 0.3) is 11.0 Å². The Morgan fingerprint density at radius 2 is 2.43 bits per heavy atom. The van der Waals surface area contributed by atoms with Crippen LogP contribution in [0.5, 0.6) is 0 Å². The van der Waals surface area contributed by atoms with Gasteiger partial charge in [-0.15, -0.1) is 0 Å². The molecule has 1 unspecified atom stereocenters. The highest BCUT2D eigenvalue weighted by Gasteiger charge is 2.19. The molecule has 72 valence electrons. The van der Waals surface area contributed by atoms with Crippen LogP contribution in [-0.4, -0.2) is 16.1 Å². The van der Waals surface area contributed by atoms with Gasteiger partial charge in [-0.2, -0.15) is 0 Å². The summed E-state index contributed by atoms with van der Waals surface area (Å²) in [4.78, 5) is 14.5. The Labute approximate surface area is 79.2 Å². The fourth-order valence-corrected chi connectivity index (χ4v) is 1.28. The molecule has 0 saturated carbocycles. The second-order valence-electron chi connectivity index (χ2n) is 2.88. The van der Waals surface area contributed by atoms with Crippen LogP contribution in [0, 0.1) is 0 Å². The van der Waals surface area contributed by atoms with Crippen LogP contribution in [0.2, 0.25) is 0 Å². The molecule has 5 heteroatoms. The third-order valence-electron chi connectivity index (χ3n) is 2.01. The average molecular weight is 192 g/mol. The van der Waals surface area contributed by atoms with Gasteiger partial charge in [0.25, 0.3) is 0 Å². The predicted molar refractivity (Wildman–Crippen MR) is 48.6 cm³/mol. The molecular weight excluding hydrogens is 184 g/mol. The number of aliphatic carboxylic acids is 1. The minimum absolute atomic E-state index is 0.468. The van der Waals surface area contributed by atoms with Crippen molar-refractivity contribution in [1.82, 2.24) is 4.98 Å². The summed E-state index contributed by atoms with van der Waals surface area (Å²) in [6.45, 7) is 0. The van der Waals surface area contributed by atoms with E-state index in [1.165, 1.54) is 12.5 Å². The van der Waals surface area contributed by atoms with Gasteiger partial charge in [0.1, 0.15) is 6.04 Å². The van der Waals surface area contributed by atoms with Gasteiger partial charge < -0.3 is 15.3 Å². The third kappa shape index (κ3) is 1.23. The topological polar surface area (TPSA) is 89.4 Å². The van der Waals surface area contributed by atoms with Gasteiger partial charge in [0.05, 0.1) is 12.5 Å². The summed E-state index contributed by atoms with van der Waals surface area (Å²) in [5.74, 6) is -1.08. The number of carbonyl (C=O) groups is 1. The Morgan fingerprint density at radius 3 is 3.14 bits per heavy atom. The predicted octanol–water partition coefficient (Wildman–Crippen LogP) is 0.912. The minimum Gasteiger partial charge on any atom is -0.480 e. The second kappa shape index (κ2) is 3.12. The Hall–Kier alpha value is -1.88. The maximum atomic E-state index is 10.7. The van der Waals surface area contributed by atoms with Gasteiger partial charge in [-0.1, -0.05) is 0 Å². The largest absolute Gasteiger partial charge is 0.480 e. The number of hydrogen-bond donors (Lipinski definition) is 2. The first-order valence-corrected chi connectivity index (χ1v) is 3.99. The van der Waals surface area contributed by atoms with Crippen LogP contribution in [0.3, 0.4) is 0 Å². The highest BCUT2D eigenvalue weighted by Crippen LogP contribution is 2.24. The summed E-state index contributed by atoms with van der Waals surface area (Å²) in [6, 6.07) is 0.621. The number of nitrogens with two attached hydrogens (primary N) is 1. The van der Waals surface area contributed by atoms with E-state index in [-0.39, 0.29) is 0 Å². The first kappa shape index (κ1) is 8.71. The zero-order valence-electron chi connectivity index (χ0n) is 7.18. The SMILES string of the molecule is NC(C(=O)O)c1coc2cnccc12. The first-order valence-electron chi connectivity index (χ1n) is 3.99. The number of rotatable bonds is 2. The maximum absolute atomic E-state index is 10.7. The maximum Gasteiger partial charge on any atom is 0.325 e. The highest BCUT2D eigenvalue weighted by atomic mass is 16.4. The van der Waals surface area contributed by atoms with E-state index in [1.54, 1.807) is 12.3 Å². The average Bonchev–Trinajstić information content (AvgIpc) is 2.60. The molecule has 14 heavy (non-hydrogen) atoms. The molecule has 0 saturated heterocycles. The van der Waals surface area contributed by atoms with Crippen molar-refractivity contribution in [1.29, 1.82) is 0 Å². The van der Waals surface area contributed by atoms with E-state index >= 15 is 0 Å². The molecule has 0 fully saturated rings. The van der Waals surface area contributed by atoms with Crippen LogP contribution >= 0.6 is 0 Å². The van der Waals surface area contributed by atoms with E-state index in [9.17, 15) is 4.79 Å². The molecule has 2 aromatic rings. The van der Waals surface area contributed by atoms with E-state index < -0.39 is 12.0 Å². The summed E-state index contributed by atoms with van der Waals surface area (Å²) in [6.07, 6.45) is 4.44. The highest BCUT2D eigenvalue weighted by molar-refractivity contribution is 5.86. The molecule has 0 radical (unpaired) electrons. The van der Waals surface area contributed by atoms with Gasteiger partial charge >= 0.3 is 5.97 Å². The van der Waals surface area contributed by atoms with Gasteiger partial charge in [0.15, 0.2) is 5.58 Å². The molecule has 0 aliphatic rings. The number of pyridine rings is 1. The molecule has 1 atom stereocenters. The Kier molecular flexibility index (Phi) is 1.94. The van der Waals surface area contributed by atoms with Crippen molar-refractivity contribution in [2.45, 2.75) is 6.04 Å². The summed E-state index contributed by atoms with van der Waals surface area (Å²) in [7, 11) is 0. The van der Waals surface area contributed by atoms with Crippen LogP contribution in [0.15, 0.2) is 29.1 Å². The molecule has 2 heterocycles. The Morgan fingerprint density at radius 1 is 1.64 bits per heavy atom. The molecular formula is C9H8N2O3. The van der Waals surface area contributed by atoms with Crippen LogP contribution in [0.4, 0.5) is 0 Å². The molecule has 0 bridgehead atoms. The molecule has 2 rings (SSSR count). The van der Waals surface area contributed by atoms with Crippen LogP contribution in [0.1, 0.15) is 11.6 Å². The lowest BCUT2D eigenvalue weighted by Gasteiger charge is -2.02. The number of aromatic nitrogens is 1. The van der Waals surface area contributed by atoms with Gasteiger partial charge in [0.2, 0.25) is 0 Å². The molecule has 0 amide bonds. The lowest BCUT2D eigenvalue weighted by Crippen LogP contribution is -2.20. The number of fused-ring (bicyclic) bond motifs is 1. The minimum atomic E-state index is -1.08. The van der Waals surface area contributed by atoms with Crippen molar-refractivity contribution in [2.75, 3.05) is 0 Å². The smallest absolute Gasteiger partial charge is 0.325 e. The number of hydrogen-bond acceptors (Lipinski definition) is 4. The van der Waals surface area contributed by atoms with Crippen LogP contribution < -0.4 is 5.73 Å². The molecule has 2 aromatic heterocycles. The number of carboxylic acid groups (broad SMARTS) is 1. The van der Waals surface area contributed by atoms with Crippen molar-refractivity contribution in [3.05, 3.63) is 30.3 Å². The quantitative estimate of drug-likeness (QED) is 0.738. The standard InChI is InChI=1S/C9H8N2O3/c10-8(9(12)13)6-4-14-7-3-11-2-1-5(6)7/h1-4,8H,10H2,(H,12,13). The van der Waals surface area contributed by atoms with Crippen LogP contribution in [-0.2, 0) is 4.79 Å². The van der Waals surface area contributed by atoms with Crippen molar-refractivity contribution >= 4 is 16.9 Å². The van der Waals surface area contributed by atoms with Gasteiger partial charge in [-0.3, -0.25) is 9.78 Å². The van der Waals surface area contributed by atoms with Crippen molar-refractivity contribution in [2.24, 2.45) is 5.73 Å². The van der Waals surface area contributed by atoms with E-state index in [0.717, 1.165) is 0 Å².